The predicted molar refractivity (Wildman–Crippen MR) is 98.5 cm³/mol. The normalized spacial score (nSPS) is 13.7. The van der Waals surface area contributed by atoms with Gasteiger partial charge in [0.25, 0.3) is 0 Å². The molecule has 23 heavy (non-hydrogen) atoms. The SMILES string of the molecule is CCCCCCCCCCCC[NH2+]C(C(=O)OCC)C(C)CC. The lowest BCUT2D eigenvalue weighted by atomic mass is 9.99. The van der Waals surface area contributed by atoms with Crippen molar-refractivity contribution < 1.29 is 14.8 Å². The van der Waals surface area contributed by atoms with Crippen LogP contribution in [0.3, 0.4) is 0 Å². The van der Waals surface area contributed by atoms with Crippen molar-refractivity contribution >= 4 is 5.97 Å². The minimum atomic E-state index is -0.0334. The van der Waals surface area contributed by atoms with Gasteiger partial charge in [0.2, 0.25) is 0 Å². The van der Waals surface area contributed by atoms with Crippen LogP contribution in [0.2, 0.25) is 0 Å². The molecule has 0 fully saturated rings. The van der Waals surface area contributed by atoms with Gasteiger partial charge in [-0.05, 0) is 26.2 Å². The monoisotopic (exact) mass is 328 g/mol. The Kier molecular flexibility index (Phi) is 15.9. The van der Waals surface area contributed by atoms with E-state index in [1.165, 1.54) is 64.2 Å². The van der Waals surface area contributed by atoms with Crippen molar-refractivity contribution in [3.8, 4) is 0 Å². The van der Waals surface area contributed by atoms with Crippen LogP contribution in [0.4, 0.5) is 0 Å². The first-order chi connectivity index (χ1) is 11.2. The number of hydrogen-bond acceptors (Lipinski definition) is 2. The molecular weight excluding hydrogens is 286 g/mol. The maximum atomic E-state index is 12.0. The standard InChI is InChI=1S/C20H41NO2/c1-5-8-9-10-11-12-13-14-15-16-17-21-19(18(4)6-2)20(22)23-7-3/h18-19,21H,5-17H2,1-4H3/p+1. The lowest BCUT2D eigenvalue weighted by Gasteiger charge is -2.19. The second-order valence-electron chi connectivity index (χ2n) is 6.87. The third-order valence-electron chi connectivity index (χ3n) is 4.79. The lowest BCUT2D eigenvalue weighted by Crippen LogP contribution is -2.93. The molecule has 0 bridgehead atoms. The molecule has 0 saturated heterocycles. The molecule has 0 radical (unpaired) electrons. The first kappa shape index (κ1) is 22.4. The van der Waals surface area contributed by atoms with Crippen molar-refractivity contribution in [2.24, 2.45) is 5.92 Å². The number of quaternary nitrogens is 1. The van der Waals surface area contributed by atoms with E-state index in [-0.39, 0.29) is 12.0 Å². The zero-order valence-electron chi connectivity index (χ0n) is 16.2. The van der Waals surface area contributed by atoms with E-state index >= 15 is 0 Å². The Bertz CT molecular complexity index is 268. The number of hydrogen-bond donors (Lipinski definition) is 1. The fraction of sp³-hybridized carbons (Fsp3) is 0.950. The molecule has 0 aliphatic rings. The van der Waals surface area contributed by atoms with Crippen molar-refractivity contribution in [2.45, 2.75) is 104 Å². The maximum Gasteiger partial charge on any atom is 0.365 e. The summed E-state index contributed by atoms with van der Waals surface area (Å²) in [5.74, 6) is 0.353. The van der Waals surface area contributed by atoms with Crippen LogP contribution in [-0.4, -0.2) is 25.2 Å². The number of esters is 1. The second kappa shape index (κ2) is 16.3. The minimum absolute atomic E-state index is 0.0153. The molecule has 0 aromatic heterocycles. The molecule has 0 heterocycles. The summed E-state index contributed by atoms with van der Waals surface area (Å²) in [6.07, 6.45) is 14.6. The molecule has 2 N–H and O–H groups in total. The van der Waals surface area contributed by atoms with E-state index in [0.717, 1.165) is 13.0 Å². The van der Waals surface area contributed by atoms with Crippen LogP contribution in [0.25, 0.3) is 0 Å². The average molecular weight is 329 g/mol. The van der Waals surface area contributed by atoms with Gasteiger partial charge >= 0.3 is 5.97 Å². The summed E-state index contributed by atoms with van der Waals surface area (Å²) in [6.45, 7) is 9.97. The van der Waals surface area contributed by atoms with Gasteiger partial charge in [-0.1, -0.05) is 72.1 Å². The number of rotatable bonds is 16. The van der Waals surface area contributed by atoms with Crippen LogP contribution in [0.15, 0.2) is 0 Å². The fourth-order valence-corrected chi connectivity index (χ4v) is 2.98. The van der Waals surface area contributed by atoms with Crippen LogP contribution in [-0.2, 0) is 9.53 Å². The van der Waals surface area contributed by atoms with Crippen LogP contribution < -0.4 is 5.32 Å². The van der Waals surface area contributed by atoms with Crippen molar-refractivity contribution in [3.63, 3.8) is 0 Å². The zero-order valence-corrected chi connectivity index (χ0v) is 16.2. The van der Waals surface area contributed by atoms with Crippen LogP contribution in [0, 0.1) is 5.92 Å². The highest BCUT2D eigenvalue weighted by molar-refractivity contribution is 5.74. The van der Waals surface area contributed by atoms with Crippen LogP contribution >= 0.6 is 0 Å². The summed E-state index contributed by atoms with van der Waals surface area (Å²) in [7, 11) is 0. The Hall–Kier alpha value is -0.570. The molecule has 0 spiro atoms. The molecule has 0 aliphatic carbocycles. The molecule has 3 heteroatoms. The van der Waals surface area contributed by atoms with Gasteiger partial charge in [-0.25, -0.2) is 4.79 Å². The second-order valence-corrected chi connectivity index (χ2v) is 6.87. The molecule has 0 aromatic rings. The Morgan fingerprint density at radius 1 is 0.870 bits per heavy atom. The van der Waals surface area contributed by atoms with Crippen molar-refractivity contribution in [1.82, 2.24) is 0 Å². The van der Waals surface area contributed by atoms with Crippen LogP contribution in [0.5, 0.6) is 0 Å². The lowest BCUT2D eigenvalue weighted by molar-refractivity contribution is -0.684. The molecule has 0 saturated carbocycles. The summed E-state index contributed by atoms with van der Waals surface area (Å²) in [6, 6.07) is -0.0153. The number of ether oxygens (including phenoxy) is 1. The smallest absolute Gasteiger partial charge is 0.365 e. The quantitative estimate of drug-likeness (QED) is 0.336. The average Bonchev–Trinajstić information content (AvgIpc) is 2.55. The zero-order chi connectivity index (χ0) is 17.3. The van der Waals surface area contributed by atoms with Gasteiger partial charge in [0.15, 0.2) is 6.04 Å². The van der Waals surface area contributed by atoms with E-state index in [9.17, 15) is 4.79 Å². The van der Waals surface area contributed by atoms with E-state index in [1.807, 2.05) is 6.92 Å². The fourth-order valence-electron chi connectivity index (χ4n) is 2.98. The Balaban J connectivity index is 3.61. The number of carbonyl (C=O) groups excluding carboxylic acids is 1. The molecule has 2 unspecified atom stereocenters. The minimum Gasteiger partial charge on any atom is -0.462 e. The number of unbranched alkanes of at least 4 members (excludes halogenated alkanes) is 9. The number of nitrogens with two attached hydrogens (primary N) is 1. The molecule has 2 atom stereocenters. The molecule has 3 nitrogen and oxygen atoms in total. The summed E-state index contributed by atoms with van der Waals surface area (Å²) < 4.78 is 5.21. The van der Waals surface area contributed by atoms with Gasteiger partial charge in [0.1, 0.15) is 0 Å². The Morgan fingerprint density at radius 2 is 1.39 bits per heavy atom. The third kappa shape index (κ3) is 12.5. The van der Waals surface area contributed by atoms with Gasteiger partial charge in [0, 0.05) is 5.92 Å². The van der Waals surface area contributed by atoms with Gasteiger partial charge < -0.3 is 10.1 Å². The van der Waals surface area contributed by atoms with E-state index in [2.05, 4.69) is 26.1 Å². The van der Waals surface area contributed by atoms with Crippen LogP contribution in [0.1, 0.15) is 98.3 Å². The largest absolute Gasteiger partial charge is 0.462 e. The van der Waals surface area contributed by atoms with E-state index in [1.54, 1.807) is 0 Å². The number of carbonyl (C=O) groups is 1. The van der Waals surface area contributed by atoms with Gasteiger partial charge in [-0.2, -0.15) is 0 Å². The highest BCUT2D eigenvalue weighted by Crippen LogP contribution is 2.10. The predicted octanol–water partition coefficient (Wildman–Crippen LogP) is 4.45. The molecule has 0 aromatic carbocycles. The Morgan fingerprint density at radius 3 is 1.87 bits per heavy atom. The highest BCUT2D eigenvalue weighted by Gasteiger charge is 2.28. The molecular formula is C20H42NO2+. The highest BCUT2D eigenvalue weighted by atomic mass is 16.5. The van der Waals surface area contributed by atoms with E-state index in [0.29, 0.717) is 12.5 Å². The van der Waals surface area contributed by atoms with E-state index < -0.39 is 0 Å². The molecule has 138 valence electrons. The van der Waals surface area contributed by atoms with Crippen molar-refractivity contribution in [2.75, 3.05) is 13.2 Å². The molecule has 0 amide bonds. The van der Waals surface area contributed by atoms with Gasteiger partial charge in [-0.3, -0.25) is 0 Å². The Labute approximate surface area is 144 Å². The first-order valence-corrected chi connectivity index (χ1v) is 10.2. The van der Waals surface area contributed by atoms with Crippen molar-refractivity contribution in [3.05, 3.63) is 0 Å². The summed E-state index contributed by atoms with van der Waals surface area (Å²) in [5.41, 5.74) is 0. The topological polar surface area (TPSA) is 42.9 Å². The van der Waals surface area contributed by atoms with Gasteiger partial charge in [0.05, 0.1) is 13.2 Å². The third-order valence-corrected chi connectivity index (χ3v) is 4.79. The summed E-state index contributed by atoms with van der Waals surface area (Å²) >= 11 is 0. The van der Waals surface area contributed by atoms with Gasteiger partial charge in [-0.15, -0.1) is 0 Å². The summed E-state index contributed by atoms with van der Waals surface area (Å²) in [5, 5.41) is 2.21. The molecule has 0 rings (SSSR count). The first-order valence-electron chi connectivity index (χ1n) is 10.2. The molecule has 0 aliphatic heterocycles. The van der Waals surface area contributed by atoms with Crippen molar-refractivity contribution in [1.29, 1.82) is 0 Å². The summed E-state index contributed by atoms with van der Waals surface area (Å²) in [4.78, 5) is 12.0. The maximum absolute atomic E-state index is 12.0. The van der Waals surface area contributed by atoms with E-state index in [4.69, 9.17) is 4.74 Å².